The number of rotatable bonds is 3. The van der Waals surface area contributed by atoms with Crippen molar-refractivity contribution in [2.45, 2.75) is 13.6 Å². The lowest BCUT2D eigenvalue weighted by molar-refractivity contribution is 0.0206. The number of benzene rings is 2. The molecule has 128 valence electrons. The van der Waals surface area contributed by atoms with Gasteiger partial charge in [0.1, 0.15) is 0 Å². The number of nitrogens with zero attached hydrogens (tertiary/aromatic N) is 3. The Hall–Kier alpha value is -2.50. The highest BCUT2D eigenvalue weighted by Crippen LogP contribution is 2.24. The van der Waals surface area contributed by atoms with Crippen LogP contribution in [0.4, 0.5) is 0 Å². The van der Waals surface area contributed by atoms with E-state index in [1.165, 1.54) is 5.56 Å². The molecule has 0 spiro atoms. The second-order valence-corrected chi connectivity index (χ2v) is 6.44. The first-order valence-electron chi connectivity index (χ1n) is 8.59. The van der Waals surface area contributed by atoms with Crippen molar-refractivity contribution in [3.05, 3.63) is 64.4 Å². The van der Waals surface area contributed by atoms with Crippen molar-refractivity contribution >= 4 is 10.8 Å². The quantitative estimate of drug-likeness (QED) is 0.738. The van der Waals surface area contributed by atoms with Crippen LogP contribution in [-0.2, 0) is 11.4 Å². The summed E-state index contributed by atoms with van der Waals surface area (Å²) in [5.74, 6) is 0. The van der Waals surface area contributed by atoms with E-state index >= 15 is 0 Å². The van der Waals surface area contributed by atoms with Gasteiger partial charge in [-0.15, -0.1) is 0 Å². The Bertz CT molecular complexity index is 941. The standard InChI is InChI=1S/C20H21N3O2/c1-15-6-8-16(9-7-15)19-17-4-2-3-5-18(17)20(24)23(21-19)14-22-10-12-25-13-11-22/h2-9H,10-14H2,1H3. The number of ether oxygens (including phenoxy) is 1. The number of aryl methyl sites for hydroxylation is 1. The third kappa shape index (κ3) is 3.21. The molecule has 0 amide bonds. The van der Waals surface area contributed by atoms with Crippen molar-refractivity contribution in [2.75, 3.05) is 26.3 Å². The number of aromatic nitrogens is 2. The molecule has 1 aliphatic heterocycles. The molecule has 0 bridgehead atoms. The fourth-order valence-corrected chi connectivity index (χ4v) is 3.19. The number of hydrogen-bond acceptors (Lipinski definition) is 4. The molecule has 0 radical (unpaired) electrons. The van der Waals surface area contributed by atoms with Gasteiger partial charge in [-0.3, -0.25) is 9.69 Å². The van der Waals surface area contributed by atoms with E-state index in [4.69, 9.17) is 9.84 Å². The lowest BCUT2D eigenvalue weighted by atomic mass is 10.0. The van der Waals surface area contributed by atoms with Crippen LogP contribution in [0.15, 0.2) is 53.3 Å². The van der Waals surface area contributed by atoms with Gasteiger partial charge in [-0.05, 0) is 13.0 Å². The van der Waals surface area contributed by atoms with E-state index in [9.17, 15) is 4.79 Å². The first kappa shape index (κ1) is 16.0. The predicted molar refractivity (Wildman–Crippen MR) is 98.6 cm³/mol. The molecule has 0 unspecified atom stereocenters. The van der Waals surface area contributed by atoms with Gasteiger partial charge in [-0.25, -0.2) is 4.68 Å². The zero-order chi connectivity index (χ0) is 17.2. The van der Waals surface area contributed by atoms with Crippen LogP contribution in [0.25, 0.3) is 22.0 Å². The monoisotopic (exact) mass is 335 g/mol. The Balaban J connectivity index is 1.84. The maximum atomic E-state index is 12.9. The Labute approximate surface area is 146 Å². The molecule has 4 rings (SSSR count). The second kappa shape index (κ2) is 6.78. The summed E-state index contributed by atoms with van der Waals surface area (Å²) in [6.45, 7) is 5.60. The SMILES string of the molecule is Cc1ccc(-c2nn(CN3CCOCC3)c(=O)c3ccccc23)cc1. The van der Waals surface area contributed by atoms with Gasteiger partial charge in [-0.2, -0.15) is 5.10 Å². The summed E-state index contributed by atoms with van der Waals surface area (Å²) in [5.41, 5.74) is 3.04. The number of hydrogen-bond donors (Lipinski definition) is 0. The van der Waals surface area contributed by atoms with Crippen molar-refractivity contribution in [1.82, 2.24) is 14.7 Å². The van der Waals surface area contributed by atoms with E-state index < -0.39 is 0 Å². The van der Waals surface area contributed by atoms with Crippen LogP contribution in [0, 0.1) is 6.92 Å². The fourth-order valence-electron chi connectivity index (χ4n) is 3.19. The van der Waals surface area contributed by atoms with Gasteiger partial charge >= 0.3 is 0 Å². The molecule has 0 N–H and O–H groups in total. The zero-order valence-corrected chi connectivity index (χ0v) is 14.3. The largest absolute Gasteiger partial charge is 0.379 e. The molecule has 3 aromatic rings. The van der Waals surface area contributed by atoms with E-state index in [2.05, 4.69) is 36.1 Å². The lowest BCUT2D eigenvalue weighted by Gasteiger charge is -2.26. The molecule has 0 aliphatic carbocycles. The van der Waals surface area contributed by atoms with Gasteiger partial charge < -0.3 is 4.74 Å². The van der Waals surface area contributed by atoms with E-state index in [0.29, 0.717) is 25.3 Å². The summed E-state index contributed by atoms with van der Waals surface area (Å²) in [6, 6.07) is 16.0. The van der Waals surface area contributed by atoms with Gasteiger partial charge in [0.2, 0.25) is 0 Å². The Morgan fingerprint density at radius 1 is 1.00 bits per heavy atom. The summed E-state index contributed by atoms with van der Waals surface area (Å²) in [4.78, 5) is 15.1. The summed E-state index contributed by atoms with van der Waals surface area (Å²) >= 11 is 0. The van der Waals surface area contributed by atoms with Crippen molar-refractivity contribution < 1.29 is 4.74 Å². The van der Waals surface area contributed by atoms with E-state index in [0.717, 1.165) is 29.7 Å². The smallest absolute Gasteiger partial charge is 0.275 e. The third-order valence-electron chi connectivity index (χ3n) is 4.63. The van der Waals surface area contributed by atoms with Gasteiger partial charge in [0.05, 0.1) is 31.0 Å². The second-order valence-electron chi connectivity index (χ2n) is 6.44. The van der Waals surface area contributed by atoms with Crippen molar-refractivity contribution in [3.63, 3.8) is 0 Å². The maximum absolute atomic E-state index is 12.9. The van der Waals surface area contributed by atoms with E-state index in [1.54, 1.807) is 4.68 Å². The highest BCUT2D eigenvalue weighted by Gasteiger charge is 2.16. The first-order chi connectivity index (χ1) is 12.2. The van der Waals surface area contributed by atoms with Crippen LogP contribution in [0.1, 0.15) is 5.56 Å². The Kier molecular flexibility index (Phi) is 4.34. The van der Waals surface area contributed by atoms with Gasteiger partial charge in [0.25, 0.3) is 5.56 Å². The molecule has 0 saturated carbocycles. The molecule has 2 heterocycles. The first-order valence-corrected chi connectivity index (χ1v) is 8.59. The number of fused-ring (bicyclic) bond motifs is 1. The minimum absolute atomic E-state index is 0.0436. The molecule has 2 aromatic carbocycles. The predicted octanol–water partition coefficient (Wildman–Crippen LogP) is 2.66. The third-order valence-corrected chi connectivity index (χ3v) is 4.63. The van der Waals surface area contributed by atoms with Crippen LogP contribution >= 0.6 is 0 Å². The fraction of sp³-hybridized carbons (Fsp3) is 0.300. The van der Waals surface area contributed by atoms with Gasteiger partial charge in [-0.1, -0.05) is 48.0 Å². The summed E-state index contributed by atoms with van der Waals surface area (Å²) in [6.07, 6.45) is 0. The average Bonchev–Trinajstić information content (AvgIpc) is 2.66. The van der Waals surface area contributed by atoms with E-state index in [-0.39, 0.29) is 5.56 Å². The van der Waals surface area contributed by atoms with Crippen LogP contribution in [0.3, 0.4) is 0 Å². The van der Waals surface area contributed by atoms with Crippen LogP contribution in [0.5, 0.6) is 0 Å². The lowest BCUT2D eigenvalue weighted by Crippen LogP contribution is -2.40. The summed E-state index contributed by atoms with van der Waals surface area (Å²) in [7, 11) is 0. The van der Waals surface area contributed by atoms with Crippen LogP contribution in [-0.4, -0.2) is 41.0 Å². The van der Waals surface area contributed by atoms with Crippen molar-refractivity contribution in [3.8, 4) is 11.3 Å². The molecule has 5 heteroatoms. The normalized spacial score (nSPS) is 15.6. The molecule has 5 nitrogen and oxygen atoms in total. The average molecular weight is 335 g/mol. The molecule has 25 heavy (non-hydrogen) atoms. The minimum Gasteiger partial charge on any atom is -0.379 e. The highest BCUT2D eigenvalue weighted by molar-refractivity contribution is 5.93. The van der Waals surface area contributed by atoms with Crippen LogP contribution in [0.2, 0.25) is 0 Å². The Morgan fingerprint density at radius 2 is 1.68 bits per heavy atom. The molecular weight excluding hydrogens is 314 g/mol. The molecule has 0 atom stereocenters. The molecule has 1 fully saturated rings. The van der Waals surface area contributed by atoms with Crippen molar-refractivity contribution in [2.24, 2.45) is 0 Å². The topological polar surface area (TPSA) is 47.4 Å². The number of morpholine rings is 1. The highest BCUT2D eigenvalue weighted by atomic mass is 16.5. The zero-order valence-electron chi connectivity index (χ0n) is 14.3. The maximum Gasteiger partial charge on any atom is 0.275 e. The van der Waals surface area contributed by atoms with E-state index in [1.807, 2.05) is 24.3 Å². The van der Waals surface area contributed by atoms with Crippen molar-refractivity contribution in [1.29, 1.82) is 0 Å². The minimum atomic E-state index is -0.0436. The molecule has 1 aromatic heterocycles. The summed E-state index contributed by atoms with van der Waals surface area (Å²) < 4.78 is 6.98. The van der Waals surface area contributed by atoms with Gasteiger partial charge in [0, 0.05) is 24.0 Å². The van der Waals surface area contributed by atoms with Crippen LogP contribution < -0.4 is 5.56 Å². The molecule has 1 saturated heterocycles. The molecule has 1 aliphatic rings. The van der Waals surface area contributed by atoms with Gasteiger partial charge in [0.15, 0.2) is 0 Å². The Morgan fingerprint density at radius 3 is 2.40 bits per heavy atom. The molecular formula is C20H21N3O2. The summed E-state index contributed by atoms with van der Waals surface area (Å²) in [5, 5.41) is 6.32.